The van der Waals surface area contributed by atoms with Crippen LogP contribution in [0.3, 0.4) is 0 Å². The molecule has 0 aromatic heterocycles. The van der Waals surface area contributed by atoms with E-state index in [0.717, 1.165) is 64.2 Å². The molecular formula is C55H99NO18. The summed E-state index contributed by atoms with van der Waals surface area (Å²) in [6, 6.07) is -0.900. The van der Waals surface area contributed by atoms with Crippen molar-refractivity contribution in [3.05, 3.63) is 36.5 Å². The van der Waals surface area contributed by atoms with Gasteiger partial charge >= 0.3 is 0 Å². The number of aliphatic hydroxyl groups excluding tert-OH is 11. The van der Waals surface area contributed by atoms with Crippen molar-refractivity contribution in [3.63, 3.8) is 0 Å². The minimum atomic E-state index is -1.97. The Kier molecular flexibility index (Phi) is 35.3. The van der Waals surface area contributed by atoms with Crippen LogP contribution in [0.25, 0.3) is 0 Å². The van der Waals surface area contributed by atoms with Crippen LogP contribution in [-0.2, 0) is 33.2 Å². The van der Waals surface area contributed by atoms with Crippen LogP contribution in [0.5, 0.6) is 0 Å². The van der Waals surface area contributed by atoms with Crippen molar-refractivity contribution in [3.8, 4) is 0 Å². The lowest BCUT2D eigenvalue weighted by Gasteiger charge is -2.48. The average Bonchev–Trinajstić information content (AvgIpc) is 3.40. The highest BCUT2D eigenvalue weighted by Crippen LogP contribution is 2.33. The first-order valence-corrected chi connectivity index (χ1v) is 28.2. The zero-order valence-electron chi connectivity index (χ0n) is 44.6. The minimum Gasteiger partial charge on any atom is -0.394 e. The first-order chi connectivity index (χ1) is 35.8. The van der Waals surface area contributed by atoms with Crippen LogP contribution < -0.4 is 5.32 Å². The molecule has 3 aliphatic heterocycles. The van der Waals surface area contributed by atoms with Crippen LogP contribution in [-0.4, -0.2) is 193 Å². The van der Waals surface area contributed by atoms with Crippen LogP contribution in [0.1, 0.15) is 174 Å². The molecule has 0 saturated carbocycles. The van der Waals surface area contributed by atoms with Crippen LogP contribution in [0.4, 0.5) is 0 Å². The first-order valence-electron chi connectivity index (χ1n) is 28.2. The number of carbonyl (C=O) groups excluding carboxylic acids is 1. The van der Waals surface area contributed by atoms with Gasteiger partial charge in [-0.2, -0.15) is 0 Å². The average molecular weight is 1060 g/mol. The van der Waals surface area contributed by atoms with E-state index < -0.39 is 124 Å². The van der Waals surface area contributed by atoms with Gasteiger partial charge in [0.25, 0.3) is 0 Å². The van der Waals surface area contributed by atoms with E-state index in [0.29, 0.717) is 12.8 Å². The third-order valence-corrected chi connectivity index (χ3v) is 14.2. The Morgan fingerprint density at radius 1 is 0.500 bits per heavy atom. The number of unbranched alkanes of at least 4 members (excludes halogenated alkanes) is 18. The van der Waals surface area contributed by atoms with Gasteiger partial charge in [0, 0.05) is 6.42 Å². The van der Waals surface area contributed by atoms with E-state index in [9.17, 15) is 61.0 Å². The molecule has 3 rings (SSSR count). The van der Waals surface area contributed by atoms with Gasteiger partial charge in [-0.25, -0.2) is 0 Å². The molecule has 0 spiro atoms. The molecule has 3 heterocycles. The van der Waals surface area contributed by atoms with Gasteiger partial charge in [0.2, 0.25) is 5.91 Å². The summed E-state index contributed by atoms with van der Waals surface area (Å²) in [5.41, 5.74) is 0. The van der Waals surface area contributed by atoms with E-state index in [1.54, 1.807) is 0 Å². The van der Waals surface area contributed by atoms with E-state index in [1.165, 1.54) is 77.0 Å². The van der Waals surface area contributed by atoms with Crippen molar-refractivity contribution >= 4 is 5.91 Å². The van der Waals surface area contributed by atoms with E-state index in [1.807, 2.05) is 0 Å². The number of hydrogen-bond donors (Lipinski definition) is 12. The van der Waals surface area contributed by atoms with E-state index in [2.05, 4.69) is 55.6 Å². The summed E-state index contributed by atoms with van der Waals surface area (Å²) in [5, 5.41) is 120. The van der Waals surface area contributed by atoms with Crippen molar-refractivity contribution < 1.29 is 89.4 Å². The SMILES string of the molecule is CC/C=C\C/C=C\C/C=C\CCCCCC(=O)NC(COC1OC(CO)C(OC2OC(CO)C(OC3OC(CO)C(O)C(O)C3O)C(O)C2O)C(O)C1O)C(O)CCCCCCCCCCCCCCCCCC. The molecule has 17 atom stereocenters. The molecule has 0 radical (unpaired) electrons. The zero-order chi connectivity index (χ0) is 54.1. The molecule has 19 nitrogen and oxygen atoms in total. The van der Waals surface area contributed by atoms with Crippen LogP contribution in [0.15, 0.2) is 36.5 Å². The Hall–Kier alpha value is -1.99. The molecule has 17 unspecified atom stereocenters. The van der Waals surface area contributed by atoms with Crippen molar-refractivity contribution in [2.24, 2.45) is 0 Å². The maximum Gasteiger partial charge on any atom is 0.220 e. The Morgan fingerprint density at radius 2 is 0.932 bits per heavy atom. The fourth-order valence-electron chi connectivity index (χ4n) is 9.56. The van der Waals surface area contributed by atoms with Crippen LogP contribution in [0.2, 0.25) is 0 Å². The number of ether oxygens (including phenoxy) is 6. The third kappa shape index (κ3) is 23.9. The predicted octanol–water partition coefficient (Wildman–Crippen LogP) is 3.76. The normalized spacial score (nSPS) is 31.7. The highest BCUT2D eigenvalue weighted by atomic mass is 16.8. The second-order valence-corrected chi connectivity index (χ2v) is 20.4. The monoisotopic (exact) mass is 1060 g/mol. The number of rotatable bonds is 40. The second-order valence-electron chi connectivity index (χ2n) is 20.4. The van der Waals surface area contributed by atoms with Crippen molar-refractivity contribution in [2.45, 2.75) is 279 Å². The fraction of sp³-hybridized carbons (Fsp3) is 0.873. The lowest BCUT2D eigenvalue weighted by atomic mass is 9.96. The lowest BCUT2D eigenvalue weighted by molar-refractivity contribution is -0.379. The summed E-state index contributed by atoms with van der Waals surface area (Å²) >= 11 is 0. The van der Waals surface area contributed by atoms with Gasteiger partial charge in [0.15, 0.2) is 18.9 Å². The molecule has 1 amide bonds. The molecule has 12 N–H and O–H groups in total. The van der Waals surface area contributed by atoms with Crippen molar-refractivity contribution in [2.75, 3.05) is 26.4 Å². The Balaban J connectivity index is 1.53. The van der Waals surface area contributed by atoms with Gasteiger partial charge in [-0.3, -0.25) is 4.79 Å². The Morgan fingerprint density at radius 3 is 1.45 bits per heavy atom. The maximum atomic E-state index is 13.3. The van der Waals surface area contributed by atoms with Gasteiger partial charge in [-0.15, -0.1) is 0 Å². The van der Waals surface area contributed by atoms with Gasteiger partial charge in [-0.05, 0) is 44.9 Å². The highest BCUT2D eigenvalue weighted by Gasteiger charge is 2.53. The van der Waals surface area contributed by atoms with E-state index >= 15 is 0 Å². The van der Waals surface area contributed by atoms with Gasteiger partial charge in [0.1, 0.15) is 73.2 Å². The molecule has 3 fully saturated rings. The Labute approximate surface area is 440 Å². The number of amides is 1. The molecule has 0 bridgehead atoms. The molecule has 432 valence electrons. The summed E-state index contributed by atoms with van der Waals surface area (Å²) < 4.78 is 34.2. The molecule has 19 heteroatoms. The summed E-state index contributed by atoms with van der Waals surface area (Å²) in [7, 11) is 0. The summed E-state index contributed by atoms with van der Waals surface area (Å²) in [5.74, 6) is -0.274. The largest absolute Gasteiger partial charge is 0.394 e. The third-order valence-electron chi connectivity index (χ3n) is 14.2. The minimum absolute atomic E-state index is 0.231. The molecule has 0 aromatic carbocycles. The fourth-order valence-corrected chi connectivity index (χ4v) is 9.56. The highest BCUT2D eigenvalue weighted by molar-refractivity contribution is 5.76. The molecule has 0 aromatic rings. The van der Waals surface area contributed by atoms with Gasteiger partial charge in [-0.1, -0.05) is 159 Å². The number of allylic oxidation sites excluding steroid dienone is 6. The maximum absolute atomic E-state index is 13.3. The second kappa shape index (κ2) is 39.4. The first kappa shape index (κ1) is 66.3. The zero-order valence-corrected chi connectivity index (χ0v) is 44.6. The standard InChI is InChI=1S/C55H99NO18/c1-3-5-7-9-11-13-15-17-18-19-21-22-24-26-28-30-32-39(60)38(56-43(61)33-31-29-27-25-23-20-16-14-12-10-8-6-4-2)37-69-53-49(67)46(64)51(41(35-58)71-53)74-55-50(68)47(65)52(42(36-59)72-55)73-54-48(66)45(63)44(62)40(34-57)70-54/h6,8,12,14,20,23,38-42,44-55,57-60,62-68H,3-5,7,9-11,13,15-19,21-22,24-37H2,1-2H3,(H,56,61)/b8-6-,14-12-,23-20-. The summed E-state index contributed by atoms with van der Waals surface area (Å²) in [4.78, 5) is 13.3. The number of aliphatic hydroxyl groups is 11. The molecule has 3 saturated heterocycles. The van der Waals surface area contributed by atoms with E-state index in [-0.39, 0.29) is 18.9 Å². The van der Waals surface area contributed by atoms with E-state index in [4.69, 9.17) is 28.4 Å². The Bertz CT molecular complexity index is 1500. The van der Waals surface area contributed by atoms with Crippen LogP contribution >= 0.6 is 0 Å². The smallest absolute Gasteiger partial charge is 0.220 e. The molecule has 0 aliphatic carbocycles. The topological polar surface area (TPSA) is 307 Å². The quantitative estimate of drug-likeness (QED) is 0.0307. The molecule has 3 aliphatic rings. The lowest BCUT2D eigenvalue weighted by Crippen LogP contribution is -2.66. The number of nitrogens with one attached hydrogen (secondary N) is 1. The summed E-state index contributed by atoms with van der Waals surface area (Å²) in [6.45, 7) is 1.63. The van der Waals surface area contributed by atoms with Gasteiger partial charge in [0.05, 0.1) is 38.6 Å². The molecular weight excluding hydrogens is 963 g/mol. The summed E-state index contributed by atoms with van der Waals surface area (Å²) in [6.07, 6.45) is 12.4. The van der Waals surface area contributed by atoms with Crippen molar-refractivity contribution in [1.29, 1.82) is 0 Å². The molecule has 74 heavy (non-hydrogen) atoms. The van der Waals surface area contributed by atoms with Gasteiger partial charge < -0.3 is 89.9 Å². The van der Waals surface area contributed by atoms with Crippen LogP contribution in [0, 0.1) is 0 Å². The predicted molar refractivity (Wildman–Crippen MR) is 277 cm³/mol. The van der Waals surface area contributed by atoms with Crippen molar-refractivity contribution in [1.82, 2.24) is 5.32 Å². The number of carbonyl (C=O) groups is 1. The number of hydrogen-bond acceptors (Lipinski definition) is 18.